The first kappa shape index (κ1) is 28.8. The van der Waals surface area contributed by atoms with E-state index >= 15 is 0 Å². The molecule has 37 heavy (non-hydrogen) atoms. The third-order valence-electron chi connectivity index (χ3n) is 8.33. The highest BCUT2D eigenvalue weighted by Crippen LogP contribution is 2.27. The summed E-state index contributed by atoms with van der Waals surface area (Å²) >= 11 is 2.55. The Labute approximate surface area is 230 Å². The van der Waals surface area contributed by atoms with Crippen LogP contribution < -0.4 is 0 Å². The summed E-state index contributed by atoms with van der Waals surface area (Å²) in [7, 11) is 0. The van der Waals surface area contributed by atoms with Gasteiger partial charge in [0.1, 0.15) is 22.1 Å². The zero-order chi connectivity index (χ0) is 27.8. The van der Waals surface area contributed by atoms with Crippen LogP contribution in [0.15, 0.2) is 0 Å². The van der Waals surface area contributed by atoms with E-state index in [1.54, 1.807) is 0 Å². The van der Waals surface area contributed by atoms with E-state index in [4.69, 9.17) is 0 Å². The molecule has 0 atom stereocenters. The molecule has 0 N–H and O–H groups in total. The van der Waals surface area contributed by atoms with Gasteiger partial charge in [-0.25, -0.2) is 0 Å². The molecule has 196 valence electrons. The van der Waals surface area contributed by atoms with Gasteiger partial charge in [0.15, 0.2) is 0 Å². The van der Waals surface area contributed by atoms with Crippen molar-refractivity contribution >= 4 is 45.5 Å². The quantitative estimate of drug-likeness (QED) is 0.200. The van der Waals surface area contributed by atoms with E-state index in [2.05, 4.69) is 91.7 Å². The maximum atomic E-state index is 4.38. The molecule has 0 aliphatic carbocycles. The molecule has 3 aromatic heterocycles. The van der Waals surface area contributed by atoms with E-state index in [-0.39, 0.29) is 0 Å². The zero-order valence-electron chi connectivity index (χ0n) is 24.6. The Morgan fingerprint density at radius 2 is 0.568 bits per heavy atom. The molecule has 0 fully saturated rings. The van der Waals surface area contributed by atoms with Crippen molar-refractivity contribution in [3.8, 4) is 0 Å². The number of hydrogen-bond donors (Lipinski definition) is 0. The second-order valence-electron chi connectivity index (χ2n) is 10.1. The number of pyridine rings is 1. The molecule has 0 radical (unpaired) electrons. The molecule has 7 heteroatoms. The van der Waals surface area contributed by atoms with Gasteiger partial charge in [-0.2, -0.15) is 17.5 Å². The fourth-order valence-electron chi connectivity index (χ4n) is 4.52. The van der Waals surface area contributed by atoms with Crippen LogP contribution in [0.25, 0.3) is 22.1 Å². The number of aromatic nitrogens is 5. The number of aryl methyl sites for hydroxylation is 5. The van der Waals surface area contributed by atoms with Crippen LogP contribution in [0.5, 0.6) is 0 Å². The summed E-state index contributed by atoms with van der Waals surface area (Å²) in [4.78, 5) is 4.38. The Bertz CT molecular complexity index is 1460. The van der Waals surface area contributed by atoms with Crippen LogP contribution >= 0.6 is 23.5 Å². The summed E-state index contributed by atoms with van der Waals surface area (Å²) in [5.74, 6) is 0. The van der Waals surface area contributed by atoms with Crippen LogP contribution in [0, 0.1) is 90.0 Å². The highest BCUT2D eigenvalue weighted by atomic mass is 32.1. The smallest absolute Gasteiger partial charge is 0.126 e. The Morgan fingerprint density at radius 3 is 0.919 bits per heavy atom. The first-order chi connectivity index (χ1) is 17.3. The fraction of sp³-hybridized carbons (Fsp3) is 0.433. The summed E-state index contributed by atoms with van der Waals surface area (Å²) in [5, 5.41) is 0. The molecule has 5 aromatic rings. The van der Waals surface area contributed by atoms with E-state index in [1.807, 2.05) is 20.8 Å². The van der Waals surface area contributed by atoms with Crippen LogP contribution in [0.4, 0.5) is 0 Å². The van der Waals surface area contributed by atoms with Crippen LogP contribution in [-0.2, 0) is 0 Å². The van der Waals surface area contributed by atoms with Gasteiger partial charge < -0.3 is 0 Å². The molecule has 5 nitrogen and oxygen atoms in total. The van der Waals surface area contributed by atoms with E-state index in [1.165, 1.54) is 79.1 Å². The van der Waals surface area contributed by atoms with Gasteiger partial charge in [0.05, 0.1) is 29.2 Å². The normalized spacial score (nSPS) is 10.8. The van der Waals surface area contributed by atoms with Crippen LogP contribution in [-0.4, -0.2) is 22.5 Å². The minimum Gasteiger partial charge on any atom is -0.256 e. The van der Waals surface area contributed by atoms with Crippen molar-refractivity contribution in [2.24, 2.45) is 0 Å². The minimum atomic E-state index is 0.947. The summed E-state index contributed by atoms with van der Waals surface area (Å²) in [5.41, 5.74) is 21.2. The maximum absolute atomic E-state index is 4.38. The predicted molar refractivity (Wildman–Crippen MR) is 161 cm³/mol. The molecule has 0 aliphatic rings. The van der Waals surface area contributed by atoms with Gasteiger partial charge in [0.2, 0.25) is 0 Å². The van der Waals surface area contributed by atoms with E-state index in [9.17, 15) is 0 Å². The Hall–Kier alpha value is -2.77. The van der Waals surface area contributed by atoms with Crippen molar-refractivity contribution < 1.29 is 0 Å². The molecule has 0 saturated carbocycles. The van der Waals surface area contributed by atoms with E-state index in [0.29, 0.717) is 0 Å². The van der Waals surface area contributed by atoms with Crippen molar-refractivity contribution in [2.75, 3.05) is 0 Å². The molecule has 0 bridgehead atoms. The largest absolute Gasteiger partial charge is 0.256 e. The predicted octanol–water partition coefficient (Wildman–Crippen LogP) is 8.47. The fourth-order valence-corrected chi connectivity index (χ4v) is 5.81. The Morgan fingerprint density at radius 1 is 0.297 bits per heavy atom. The number of benzene rings is 2. The Balaban J connectivity index is 0.000000154. The molecule has 0 unspecified atom stereocenters. The van der Waals surface area contributed by atoms with Crippen LogP contribution in [0.3, 0.4) is 0 Å². The van der Waals surface area contributed by atoms with E-state index < -0.39 is 0 Å². The van der Waals surface area contributed by atoms with Gasteiger partial charge in [-0.15, -0.1) is 0 Å². The standard InChI is InChI=1S/C12H18.C10H12N2S.C8H9N3S/c1-7-8(2)10(4)12(6)11(5)9(7)3;1-5-6(2)8(4)10-9(7(5)3)11-13-12-10;1-4-5(2)9-6(3)8-7(4)10-12-11-8/h1-6H3;1-4H3;1-3H3. The number of nitrogens with zero attached hydrogens (tertiary/aromatic N) is 5. The monoisotopic (exact) mass is 533 g/mol. The maximum Gasteiger partial charge on any atom is 0.126 e. The highest BCUT2D eigenvalue weighted by Gasteiger charge is 2.12. The minimum absolute atomic E-state index is 0.947. The lowest BCUT2D eigenvalue weighted by Crippen LogP contribution is -1.98. The molecule has 0 amide bonds. The van der Waals surface area contributed by atoms with Gasteiger partial charge in [-0.3, -0.25) is 4.98 Å². The molecule has 5 rings (SSSR count). The number of rotatable bonds is 0. The highest BCUT2D eigenvalue weighted by molar-refractivity contribution is 7.00. The van der Waals surface area contributed by atoms with Crippen molar-refractivity contribution in [1.82, 2.24) is 22.5 Å². The molecule has 0 aliphatic heterocycles. The first-order valence-corrected chi connectivity index (χ1v) is 14.0. The van der Waals surface area contributed by atoms with Gasteiger partial charge in [0.25, 0.3) is 0 Å². The molecule has 2 aromatic carbocycles. The average Bonchev–Trinajstić information content (AvgIpc) is 3.57. The summed E-state index contributed by atoms with van der Waals surface area (Å²) in [6, 6.07) is 0. The summed E-state index contributed by atoms with van der Waals surface area (Å²) in [6.07, 6.45) is 0. The van der Waals surface area contributed by atoms with Gasteiger partial charge in [-0.05, 0) is 151 Å². The molecular weight excluding hydrogens is 494 g/mol. The lowest BCUT2D eigenvalue weighted by Gasteiger charge is -2.15. The topological polar surface area (TPSA) is 64.5 Å². The Kier molecular flexibility index (Phi) is 8.81. The number of hydrogen-bond acceptors (Lipinski definition) is 7. The zero-order valence-corrected chi connectivity index (χ0v) is 26.2. The number of fused-ring (bicyclic) bond motifs is 2. The van der Waals surface area contributed by atoms with Crippen molar-refractivity contribution in [1.29, 1.82) is 0 Å². The van der Waals surface area contributed by atoms with Crippen molar-refractivity contribution in [3.63, 3.8) is 0 Å². The molecule has 3 heterocycles. The third kappa shape index (κ3) is 5.43. The molecule has 0 saturated heterocycles. The molecular formula is C30H39N5S2. The van der Waals surface area contributed by atoms with Crippen molar-refractivity contribution in [3.05, 3.63) is 72.6 Å². The summed E-state index contributed by atoms with van der Waals surface area (Å²) in [6.45, 7) is 27.8. The van der Waals surface area contributed by atoms with Gasteiger partial charge >= 0.3 is 0 Å². The molecule has 0 spiro atoms. The van der Waals surface area contributed by atoms with Crippen LogP contribution in [0.2, 0.25) is 0 Å². The summed E-state index contributed by atoms with van der Waals surface area (Å²) < 4.78 is 17.0. The second-order valence-corrected chi connectivity index (χ2v) is 11.1. The average molecular weight is 534 g/mol. The van der Waals surface area contributed by atoms with E-state index in [0.717, 1.165) is 39.0 Å². The second kappa shape index (κ2) is 11.3. The van der Waals surface area contributed by atoms with Crippen LogP contribution in [0.1, 0.15) is 72.6 Å². The van der Waals surface area contributed by atoms with Gasteiger partial charge in [-0.1, -0.05) is 0 Å². The third-order valence-corrected chi connectivity index (χ3v) is 9.38. The van der Waals surface area contributed by atoms with Gasteiger partial charge in [0, 0.05) is 5.69 Å². The van der Waals surface area contributed by atoms with Crippen molar-refractivity contribution in [2.45, 2.75) is 90.0 Å². The lowest BCUT2D eigenvalue weighted by atomic mass is 9.90. The lowest BCUT2D eigenvalue weighted by molar-refractivity contribution is 1.11. The first-order valence-electron chi connectivity index (χ1n) is 12.6. The SMILES string of the molecule is Cc1c(C)c(C)c(C)c(C)c1C.Cc1c(C)c(C)c2nsnc2c1C.Cc1nc(C)c2nsnc2c1C.